The number of halogens is 2. The number of benzene rings is 1. The van der Waals surface area contributed by atoms with E-state index in [0.717, 1.165) is 18.7 Å². The van der Waals surface area contributed by atoms with E-state index in [1.165, 1.54) is 12.8 Å². The molecule has 0 aliphatic heterocycles. The maximum Gasteiger partial charge on any atom is 0.231 e. The number of nitrogens with zero attached hydrogens (tertiary/aromatic N) is 3. The van der Waals surface area contributed by atoms with Crippen molar-refractivity contribution in [1.29, 1.82) is 0 Å². The molecule has 0 unspecified atom stereocenters. The van der Waals surface area contributed by atoms with Gasteiger partial charge in [-0.3, -0.25) is 4.79 Å². The number of rotatable bonds is 4. The van der Waals surface area contributed by atoms with E-state index in [2.05, 4.69) is 0 Å². The molecule has 4 rings (SSSR count). The largest absolute Gasteiger partial charge is 0.369 e. The summed E-state index contributed by atoms with van der Waals surface area (Å²) in [5, 5.41) is 5.78. The van der Waals surface area contributed by atoms with Crippen LogP contribution in [0.5, 0.6) is 0 Å². The average Bonchev–Trinajstić information content (AvgIpc) is 2.98. The van der Waals surface area contributed by atoms with Crippen molar-refractivity contribution in [1.82, 2.24) is 14.8 Å². The van der Waals surface area contributed by atoms with Crippen LogP contribution in [0.3, 0.4) is 0 Å². The molecule has 1 aromatic carbocycles. The number of amides is 1. The topological polar surface area (TPSA) is 73.8 Å². The highest BCUT2D eigenvalue weighted by atomic mass is 35.5. The zero-order valence-corrected chi connectivity index (χ0v) is 14.6. The van der Waals surface area contributed by atoms with Gasteiger partial charge in [0.1, 0.15) is 11.2 Å². The van der Waals surface area contributed by atoms with Crippen molar-refractivity contribution in [2.45, 2.75) is 49.9 Å². The van der Waals surface area contributed by atoms with E-state index in [1.807, 2.05) is 0 Å². The van der Waals surface area contributed by atoms with E-state index in [-0.39, 0.29) is 5.91 Å². The second-order valence-electron chi connectivity index (χ2n) is 6.73. The Labute approximate surface area is 150 Å². The van der Waals surface area contributed by atoms with Crippen molar-refractivity contribution in [3.05, 3.63) is 39.9 Å². The van der Waals surface area contributed by atoms with Gasteiger partial charge in [-0.25, -0.2) is 9.67 Å². The first kappa shape index (κ1) is 15.9. The summed E-state index contributed by atoms with van der Waals surface area (Å²) in [4.78, 5) is 16.8. The van der Waals surface area contributed by atoms with Crippen LogP contribution in [0.1, 0.15) is 56.1 Å². The van der Waals surface area contributed by atoms with Crippen molar-refractivity contribution in [2.75, 3.05) is 0 Å². The molecule has 126 valence electrons. The molecule has 2 aliphatic carbocycles. The molecule has 1 amide bonds. The van der Waals surface area contributed by atoms with Crippen LogP contribution < -0.4 is 5.73 Å². The molecule has 0 radical (unpaired) electrons. The third-order valence-electron chi connectivity index (χ3n) is 5.13. The summed E-state index contributed by atoms with van der Waals surface area (Å²) in [7, 11) is 0. The van der Waals surface area contributed by atoms with Crippen molar-refractivity contribution in [3.8, 4) is 5.69 Å². The number of carbonyl (C=O) groups is 1. The first-order valence-corrected chi connectivity index (χ1v) is 9.00. The molecule has 2 aliphatic rings. The first-order valence-electron chi connectivity index (χ1n) is 8.24. The van der Waals surface area contributed by atoms with Crippen molar-refractivity contribution in [3.63, 3.8) is 0 Å². The van der Waals surface area contributed by atoms with Crippen LogP contribution in [-0.2, 0) is 10.2 Å². The van der Waals surface area contributed by atoms with Gasteiger partial charge in [-0.05, 0) is 43.9 Å². The smallest absolute Gasteiger partial charge is 0.231 e. The van der Waals surface area contributed by atoms with Gasteiger partial charge in [-0.1, -0.05) is 36.0 Å². The molecule has 5 nitrogen and oxygen atoms in total. The Morgan fingerprint density at radius 1 is 1.25 bits per heavy atom. The maximum atomic E-state index is 12.0. The molecule has 7 heteroatoms. The Balaban J connectivity index is 1.88. The molecule has 24 heavy (non-hydrogen) atoms. The van der Waals surface area contributed by atoms with Crippen LogP contribution in [0, 0.1) is 0 Å². The van der Waals surface area contributed by atoms with Crippen LogP contribution in [0.25, 0.3) is 5.69 Å². The van der Waals surface area contributed by atoms with E-state index >= 15 is 0 Å². The molecule has 0 atom stereocenters. The Kier molecular flexibility index (Phi) is 3.81. The predicted molar refractivity (Wildman–Crippen MR) is 92.7 cm³/mol. The second kappa shape index (κ2) is 5.74. The molecule has 2 fully saturated rings. The average molecular weight is 365 g/mol. The quantitative estimate of drug-likeness (QED) is 0.897. The van der Waals surface area contributed by atoms with Crippen molar-refractivity contribution >= 4 is 29.1 Å². The van der Waals surface area contributed by atoms with Crippen LogP contribution in [-0.4, -0.2) is 20.7 Å². The highest BCUT2D eigenvalue weighted by Crippen LogP contribution is 2.48. The minimum absolute atomic E-state index is 0.339. The monoisotopic (exact) mass is 364 g/mol. The number of carbonyl (C=O) groups excluding carboxylic acids is 1. The molecule has 2 saturated carbocycles. The number of primary amides is 1. The van der Waals surface area contributed by atoms with Gasteiger partial charge in [-0.2, -0.15) is 5.10 Å². The second-order valence-corrected chi connectivity index (χ2v) is 7.57. The van der Waals surface area contributed by atoms with Crippen LogP contribution >= 0.6 is 23.2 Å². The van der Waals surface area contributed by atoms with Crippen molar-refractivity contribution in [2.24, 2.45) is 5.73 Å². The van der Waals surface area contributed by atoms with E-state index < -0.39 is 5.41 Å². The maximum absolute atomic E-state index is 12.0. The van der Waals surface area contributed by atoms with E-state index in [4.69, 9.17) is 39.0 Å². The van der Waals surface area contributed by atoms with Gasteiger partial charge in [0.25, 0.3) is 0 Å². The molecule has 2 N–H and O–H groups in total. The van der Waals surface area contributed by atoms with Gasteiger partial charge in [0.15, 0.2) is 5.82 Å². The summed E-state index contributed by atoms with van der Waals surface area (Å²) in [6.45, 7) is 0. The summed E-state index contributed by atoms with van der Waals surface area (Å²) in [5.41, 5.74) is 5.58. The first-order chi connectivity index (χ1) is 11.5. The fourth-order valence-electron chi connectivity index (χ4n) is 3.52. The zero-order chi connectivity index (χ0) is 16.9. The molecular formula is C17H18Cl2N4O. The normalized spacial score (nSPS) is 19.6. The summed E-state index contributed by atoms with van der Waals surface area (Å²) in [6.07, 6.45) is 5.93. The van der Waals surface area contributed by atoms with Crippen LogP contribution in [0.15, 0.2) is 18.2 Å². The number of nitrogens with two attached hydrogens (primary N) is 1. The standard InChI is InChI=1S/C17H18Cl2N4O/c18-11-5-6-12(19)13(9-11)23-16(17(7-8-17)15(20)24)21-14(22-23)10-3-1-2-4-10/h5-6,9-10H,1-4,7-8H2,(H2,20,24). The van der Waals surface area contributed by atoms with Gasteiger partial charge < -0.3 is 5.73 Å². The third kappa shape index (κ3) is 2.50. The molecule has 1 aromatic heterocycles. The van der Waals surface area contributed by atoms with E-state index in [9.17, 15) is 4.79 Å². The Hall–Kier alpha value is -1.59. The SMILES string of the molecule is NC(=O)C1(c2nc(C3CCCC3)nn2-c2cc(Cl)ccc2Cl)CC1. The fraction of sp³-hybridized carbons (Fsp3) is 0.471. The summed E-state index contributed by atoms with van der Waals surface area (Å²) in [5.74, 6) is 1.37. The van der Waals surface area contributed by atoms with Gasteiger partial charge in [0.2, 0.25) is 5.91 Å². The molecule has 0 bridgehead atoms. The van der Waals surface area contributed by atoms with Gasteiger partial charge in [0.05, 0.1) is 10.7 Å². The number of hydrogen-bond donors (Lipinski definition) is 1. The van der Waals surface area contributed by atoms with Crippen molar-refractivity contribution < 1.29 is 4.79 Å². The number of aromatic nitrogens is 3. The number of hydrogen-bond acceptors (Lipinski definition) is 3. The molecule has 0 saturated heterocycles. The lowest BCUT2D eigenvalue weighted by molar-refractivity contribution is -0.120. The molecular weight excluding hydrogens is 347 g/mol. The lowest BCUT2D eigenvalue weighted by Gasteiger charge is -2.13. The Morgan fingerprint density at radius 2 is 1.96 bits per heavy atom. The summed E-state index contributed by atoms with van der Waals surface area (Å²) in [6, 6.07) is 5.20. The van der Waals surface area contributed by atoms with Crippen LogP contribution in [0.2, 0.25) is 10.0 Å². The Morgan fingerprint density at radius 3 is 2.58 bits per heavy atom. The van der Waals surface area contributed by atoms with Gasteiger partial charge in [-0.15, -0.1) is 0 Å². The highest BCUT2D eigenvalue weighted by molar-refractivity contribution is 6.34. The minimum atomic E-state index is -0.727. The van der Waals surface area contributed by atoms with Crippen LogP contribution in [0.4, 0.5) is 0 Å². The molecule has 2 aromatic rings. The highest BCUT2D eigenvalue weighted by Gasteiger charge is 2.54. The van der Waals surface area contributed by atoms with E-state index in [0.29, 0.717) is 40.3 Å². The third-order valence-corrected chi connectivity index (χ3v) is 5.68. The Bertz CT molecular complexity index is 807. The zero-order valence-electron chi connectivity index (χ0n) is 13.1. The minimum Gasteiger partial charge on any atom is -0.369 e. The summed E-state index contributed by atoms with van der Waals surface area (Å²) < 4.78 is 1.68. The van der Waals surface area contributed by atoms with Gasteiger partial charge in [0, 0.05) is 10.9 Å². The summed E-state index contributed by atoms with van der Waals surface area (Å²) >= 11 is 12.5. The van der Waals surface area contributed by atoms with Gasteiger partial charge >= 0.3 is 0 Å². The van der Waals surface area contributed by atoms with E-state index in [1.54, 1.807) is 22.9 Å². The molecule has 1 heterocycles. The predicted octanol–water partition coefficient (Wildman–Crippen LogP) is 3.75. The lowest BCUT2D eigenvalue weighted by Crippen LogP contribution is -2.31. The lowest BCUT2D eigenvalue weighted by atomic mass is 10.1. The molecule has 0 spiro atoms. The fourth-order valence-corrected chi connectivity index (χ4v) is 3.88.